The zero-order valence-corrected chi connectivity index (χ0v) is 12.3. The van der Waals surface area contributed by atoms with Gasteiger partial charge in [-0.1, -0.05) is 0 Å². The van der Waals surface area contributed by atoms with Gasteiger partial charge >= 0.3 is 0 Å². The highest BCUT2D eigenvalue weighted by Gasteiger charge is 2.03. The second-order valence-corrected chi connectivity index (χ2v) is 4.98. The van der Waals surface area contributed by atoms with Gasteiger partial charge in [0, 0.05) is 20.0 Å². The monoisotopic (exact) mass is 269 g/mol. The Bertz CT molecular complexity index is 363. The molecular weight excluding hydrogens is 246 g/mol. The van der Waals surface area contributed by atoms with Crippen molar-refractivity contribution in [2.24, 2.45) is 0 Å². The van der Waals surface area contributed by atoms with Gasteiger partial charge in [-0.05, 0) is 51.3 Å². The molecule has 0 fully saturated rings. The summed E-state index contributed by atoms with van der Waals surface area (Å²) in [6.07, 6.45) is 3.18. The summed E-state index contributed by atoms with van der Waals surface area (Å²) in [5.74, 6) is 2.10. The van der Waals surface area contributed by atoms with Crippen molar-refractivity contribution >= 4 is 17.3 Å². The Morgan fingerprint density at radius 3 is 2.67 bits per heavy atom. The van der Waals surface area contributed by atoms with Crippen molar-refractivity contribution in [3.63, 3.8) is 0 Å². The third-order valence-corrected chi connectivity index (χ3v) is 2.90. The normalized spacial score (nSPS) is 10.7. The van der Waals surface area contributed by atoms with E-state index in [0.717, 1.165) is 43.9 Å². The highest BCUT2D eigenvalue weighted by atomic mass is 32.1. The maximum Gasteiger partial charge on any atom is 0.166 e. The van der Waals surface area contributed by atoms with Gasteiger partial charge in [0.25, 0.3) is 0 Å². The topological polar surface area (TPSA) is 40.4 Å². The lowest BCUT2D eigenvalue weighted by Crippen LogP contribution is -2.32. The molecule has 5 heteroatoms. The largest absolute Gasteiger partial charge is 0.465 e. The number of rotatable bonds is 7. The fraction of sp³-hybridized carbons (Fsp3) is 0.615. The van der Waals surface area contributed by atoms with Gasteiger partial charge in [-0.2, -0.15) is 0 Å². The van der Waals surface area contributed by atoms with Gasteiger partial charge in [0.2, 0.25) is 0 Å². The van der Waals surface area contributed by atoms with Crippen LogP contribution in [0.25, 0.3) is 0 Å². The number of unbranched alkanes of at least 4 members (excludes halogenated alkanes) is 1. The number of aryl methyl sites for hydroxylation is 1. The van der Waals surface area contributed by atoms with Crippen LogP contribution in [-0.4, -0.2) is 37.7 Å². The molecule has 0 saturated heterocycles. The van der Waals surface area contributed by atoms with Crippen LogP contribution in [0.3, 0.4) is 0 Å². The molecule has 0 saturated carbocycles. The van der Waals surface area contributed by atoms with Crippen molar-refractivity contribution in [1.29, 1.82) is 0 Å². The minimum atomic E-state index is 0.710. The van der Waals surface area contributed by atoms with E-state index in [-0.39, 0.29) is 0 Å². The van der Waals surface area contributed by atoms with Crippen molar-refractivity contribution in [2.75, 3.05) is 27.7 Å². The van der Waals surface area contributed by atoms with Crippen molar-refractivity contribution in [3.05, 3.63) is 23.7 Å². The molecule has 0 atom stereocenters. The Morgan fingerprint density at radius 1 is 1.28 bits per heavy atom. The zero-order valence-electron chi connectivity index (χ0n) is 11.5. The first kappa shape index (κ1) is 15.0. The van der Waals surface area contributed by atoms with E-state index < -0.39 is 0 Å². The first-order valence-corrected chi connectivity index (χ1v) is 6.70. The predicted molar refractivity (Wildman–Crippen MR) is 78.7 cm³/mol. The molecule has 0 aromatic carbocycles. The summed E-state index contributed by atoms with van der Waals surface area (Å²) in [5, 5.41) is 6.73. The smallest absolute Gasteiger partial charge is 0.166 e. The third-order valence-electron chi connectivity index (χ3n) is 2.55. The zero-order chi connectivity index (χ0) is 13.4. The van der Waals surface area contributed by atoms with Gasteiger partial charge in [0.1, 0.15) is 11.5 Å². The number of furan rings is 1. The summed E-state index contributed by atoms with van der Waals surface area (Å²) in [4.78, 5) is 2.10. The van der Waals surface area contributed by atoms with E-state index >= 15 is 0 Å². The van der Waals surface area contributed by atoms with Crippen LogP contribution in [0.4, 0.5) is 0 Å². The van der Waals surface area contributed by atoms with E-state index in [4.69, 9.17) is 16.6 Å². The van der Waals surface area contributed by atoms with Crippen LogP contribution >= 0.6 is 12.2 Å². The van der Waals surface area contributed by atoms with Crippen molar-refractivity contribution in [1.82, 2.24) is 15.5 Å². The van der Waals surface area contributed by atoms with Crippen molar-refractivity contribution < 1.29 is 4.42 Å². The molecule has 1 aromatic rings. The molecule has 1 aromatic heterocycles. The molecule has 0 aliphatic rings. The third kappa shape index (κ3) is 6.02. The van der Waals surface area contributed by atoms with Crippen LogP contribution in [0, 0.1) is 0 Å². The van der Waals surface area contributed by atoms with Crippen molar-refractivity contribution in [2.45, 2.75) is 25.8 Å². The molecule has 0 aliphatic carbocycles. The second-order valence-electron chi connectivity index (χ2n) is 4.57. The molecule has 0 radical (unpaired) electrons. The minimum Gasteiger partial charge on any atom is -0.465 e. The van der Waals surface area contributed by atoms with Crippen molar-refractivity contribution in [3.8, 4) is 0 Å². The Hall–Kier alpha value is -1.07. The van der Waals surface area contributed by atoms with E-state index in [1.165, 1.54) is 0 Å². The number of hydrogen-bond donors (Lipinski definition) is 2. The second kappa shape index (κ2) is 8.11. The Balaban J connectivity index is 2.15. The summed E-state index contributed by atoms with van der Waals surface area (Å²) in [7, 11) is 5.90. The first-order chi connectivity index (χ1) is 8.61. The summed E-state index contributed by atoms with van der Waals surface area (Å²) < 4.78 is 5.74. The summed E-state index contributed by atoms with van der Waals surface area (Å²) >= 11 is 5.00. The lowest BCUT2D eigenvalue weighted by molar-refractivity contribution is 0.340. The number of hydrogen-bond acceptors (Lipinski definition) is 3. The Labute approximate surface area is 115 Å². The molecule has 0 spiro atoms. The van der Waals surface area contributed by atoms with Crippen LogP contribution in [0.15, 0.2) is 16.5 Å². The van der Waals surface area contributed by atoms with E-state index in [1.54, 1.807) is 0 Å². The average molecular weight is 269 g/mol. The molecule has 102 valence electrons. The van der Waals surface area contributed by atoms with Crippen LogP contribution < -0.4 is 10.6 Å². The van der Waals surface area contributed by atoms with Gasteiger partial charge in [0.15, 0.2) is 5.11 Å². The van der Waals surface area contributed by atoms with E-state index in [0.29, 0.717) is 5.11 Å². The minimum absolute atomic E-state index is 0.710. The molecule has 18 heavy (non-hydrogen) atoms. The lowest BCUT2D eigenvalue weighted by atomic mass is 10.2. The quantitative estimate of drug-likeness (QED) is 0.583. The fourth-order valence-corrected chi connectivity index (χ4v) is 1.77. The SMILES string of the molecule is CNC(=S)NCCCCc1ccc(CN(C)C)o1. The number of nitrogens with zero attached hydrogens (tertiary/aromatic N) is 1. The van der Waals surface area contributed by atoms with Gasteiger partial charge in [-0.15, -0.1) is 0 Å². The molecule has 0 amide bonds. The highest BCUT2D eigenvalue weighted by molar-refractivity contribution is 7.80. The maximum absolute atomic E-state index is 5.74. The van der Waals surface area contributed by atoms with E-state index in [2.05, 4.69) is 27.7 Å². The molecule has 1 heterocycles. The molecule has 1 rings (SSSR count). The molecule has 2 N–H and O–H groups in total. The predicted octanol–water partition coefficient (Wildman–Crippen LogP) is 1.76. The lowest BCUT2D eigenvalue weighted by Gasteiger charge is -2.06. The van der Waals surface area contributed by atoms with Crippen LogP contribution in [0.2, 0.25) is 0 Å². The van der Waals surface area contributed by atoms with Gasteiger partial charge in [0.05, 0.1) is 6.54 Å². The number of nitrogens with one attached hydrogen (secondary N) is 2. The molecule has 4 nitrogen and oxygen atoms in total. The molecule has 0 bridgehead atoms. The standard InChI is InChI=1S/C13H23N3OS/c1-14-13(18)15-9-5-4-6-11-7-8-12(17-11)10-16(2)3/h7-8H,4-6,9-10H2,1-3H3,(H2,14,15,18). The highest BCUT2D eigenvalue weighted by Crippen LogP contribution is 2.11. The maximum atomic E-state index is 5.74. The van der Waals surface area contributed by atoms with E-state index in [9.17, 15) is 0 Å². The molecular formula is C13H23N3OS. The molecule has 0 aliphatic heterocycles. The average Bonchev–Trinajstić information content (AvgIpc) is 2.75. The summed E-state index contributed by atoms with van der Waals surface area (Å²) in [6, 6.07) is 4.13. The number of thiocarbonyl (C=S) groups is 1. The first-order valence-electron chi connectivity index (χ1n) is 6.29. The van der Waals surface area contributed by atoms with Gasteiger partial charge in [-0.3, -0.25) is 0 Å². The fourth-order valence-electron chi connectivity index (χ4n) is 1.67. The van der Waals surface area contributed by atoms with E-state index in [1.807, 2.05) is 21.1 Å². The van der Waals surface area contributed by atoms with Crippen LogP contribution in [0.1, 0.15) is 24.4 Å². The van der Waals surface area contributed by atoms with Crippen LogP contribution in [-0.2, 0) is 13.0 Å². The van der Waals surface area contributed by atoms with Gasteiger partial charge in [-0.25, -0.2) is 0 Å². The molecule has 0 unspecified atom stereocenters. The Morgan fingerprint density at radius 2 is 2.00 bits per heavy atom. The Kier molecular flexibility index (Phi) is 6.75. The van der Waals surface area contributed by atoms with Gasteiger partial charge < -0.3 is 20.0 Å². The van der Waals surface area contributed by atoms with Crippen LogP contribution in [0.5, 0.6) is 0 Å². The summed E-state index contributed by atoms with van der Waals surface area (Å²) in [5.41, 5.74) is 0. The summed E-state index contributed by atoms with van der Waals surface area (Å²) in [6.45, 7) is 1.77.